The Labute approximate surface area is 861 Å². The van der Waals surface area contributed by atoms with E-state index in [2.05, 4.69) is 94.4 Å². The first-order valence-electron chi connectivity index (χ1n) is 59.8. The number of para-hydroxylation sites is 3. The van der Waals surface area contributed by atoms with Crippen LogP contribution in [0, 0.1) is 0 Å². The minimum Gasteiger partial charge on any atom is -0.456 e. The molecule has 143 heavy (non-hydrogen) atoms. The predicted molar refractivity (Wildman–Crippen MR) is 605 cm³/mol. The second-order valence-electron chi connectivity index (χ2n) is 37.8. The zero-order valence-electron chi connectivity index (χ0n) is 102. The fraction of sp³-hybridized carbons (Fsp3) is 0.0429. The first-order valence-corrected chi connectivity index (χ1v) is 47.8. The molecule has 3 nitrogen and oxygen atoms in total. The molecule has 0 radical (unpaired) electrons. The largest absolute Gasteiger partial charge is 0.456 e. The van der Waals surface area contributed by atoms with E-state index in [-0.39, 0.29) is 143 Å². The number of rotatable bonds is 9. The molecule has 3 heteroatoms. The molecule has 0 saturated heterocycles. The number of benzene rings is 25. The number of hydrogen-bond donors (Lipinski definition) is 0. The zero-order valence-corrected chi connectivity index (χ0v) is 77.6. The van der Waals surface area contributed by atoms with Gasteiger partial charge in [-0.25, -0.2) is 0 Å². The van der Waals surface area contributed by atoms with E-state index in [9.17, 15) is 16.4 Å². The minimum atomic E-state index is -0.465. The average molecular weight is 1850 g/mol. The van der Waals surface area contributed by atoms with Gasteiger partial charge in [-0.1, -0.05) is 452 Å². The normalized spacial score (nSPS) is 15.2. The molecule has 0 N–H and O–H groups in total. The molecule has 0 unspecified atom stereocenters. The fourth-order valence-corrected chi connectivity index (χ4v) is 23.2. The van der Waals surface area contributed by atoms with Crippen molar-refractivity contribution >= 4 is 152 Å². The molecule has 3 heterocycles. The third kappa shape index (κ3) is 13.0. The maximum atomic E-state index is 9.48. The van der Waals surface area contributed by atoms with Crippen molar-refractivity contribution < 1.29 is 46.1 Å². The van der Waals surface area contributed by atoms with Gasteiger partial charge in [0.2, 0.25) is 0 Å². The highest BCUT2D eigenvalue weighted by Gasteiger charge is 2.39. The molecule has 0 amide bonds. The van der Waals surface area contributed by atoms with E-state index in [1.165, 1.54) is 16.7 Å². The lowest BCUT2D eigenvalue weighted by Gasteiger charge is -2.25. The summed E-state index contributed by atoms with van der Waals surface area (Å²) in [6.45, 7) is 8.79. The molecule has 670 valence electrons. The summed E-state index contributed by atoms with van der Waals surface area (Å²) in [5.74, 6) is 0. The number of fused-ring (bicyclic) bond motifs is 24. The Morgan fingerprint density at radius 3 is 0.986 bits per heavy atom. The van der Waals surface area contributed by atoms with Crippen LogP contribution >= 0.6 is 0 Å². The van der Waals surface area contributed by atoms with E-state index in [4.69, 9.17) is 29.7 Å². The Hall–Kier alpha value is -18.0. The van der Waals surface area contributed by atoms with Crippen LogP contribution < -0.4 is 0 Å². The van der Waals surface area contributed by atoms with Crippen LogP contribution in [-0.4, -0.2) is 0 Å². The van der Waals surface area contributed by atoms with Crippen molar-refractivity contribution in [1.29, 1.82) is 0 Å². The second-order valence-corrected chi connectivity index (χ2v) is 37.8. The van der Waals surface area contributed by atoms with Gasteiger partial charge in [0.15, 0.2) is 0 Å². The summed E-state index contributed by atoms with van der Waals surface area (Å²) in [4.78, 5) is 0. The van der Waals surface area contributed by atoms with Gasteiger partial charge in [-0.3, -0.25) is 0 Å². The summed E-state index contributed by atoms with van der Waals surface area (Å²) in [6, 6.07) is 102. The molecule has 25 aromatic carbocycles. The van der Waals surface area contributed by atoms with Crippen LogP contribution in [0.2, 0.25) is 0 Å². The Balaban J connectivity index is 0.000000117. The van der Waals surface area contributed by atoms with Crippen molar-refractivity contribution in [3.05, 3.63) is 507 Å². The van der Waals surface area contributed by atoms with Crippen LogP contribution in [0.15, 0.2) is 498 Å². The SMILES string of the molecule is [2H]c1c([2H])c([2H])c2c(-c3cc4ccccc4c4ccccc34)c3c([2H])c([2H])c([2H])c([2H])c3c(-c3ccc(-c4cccc5oc6ccccc6c45)cc3)c2c1[2H].[2H]c1c([2H])c([2H])c2c(-c3cccc4oc5ccccc5c34)c3c([2H])c([2H])c([2H])c([2H])c3c(-c3ccc4c(c3)C(C)(C)c3cc(-c5ccccc5)ccc3-4)c2c1[2H].[2H]c1c([2H])c([2H])c2c(-c3cccc4oc5ccccc5c34)c3c([2H])c([2H])c([2H])c([2H])c3c(-c3cccc(-c4cccc5c4C(C)(C)c4ccccc4-5)c3)c2c1[2H]. The minimum absolute atomic E-state index is 0.170. The van der Waals surface area contributed by atoms with Crippen molar-refractivity contribution in [2.75, 3.05) is 0 Å². The predicted octanol–water partition coefficient (Wildman–Crippen LogP) is 39.6. The Kier molecular flexibility index (Phi) is 14.2. The van der Waals surface area contributed by atoms with Gasteiger partial charge >= 0.3 is 0 Å². The molecule has 30 rings (SSSR count). The molecule has 0 aliphatic heterocycles. The standard InChI is InChI=1S/2C47H32O.C46H28O/c1-47(2)40-25-9-7-16-32(40)37-23-12-22-31(46(37)47)29-14-11-15-30(28-29)43-33-17-3-5-19-35(33)44(36-20-6-4-18-34(36)43)39-24-13-27-42-45(39)38-21-8-10-26-41(38)48-42;1-47(2)40-27-30(29-13-4-3-5-14-29)23-25-32(40)33-26-24-31(28-41(33)47)44-34-15-6-8-17-36(34)45(37-18-9-7-16-35(37)44)39-20-12-22-43-46(39)38-19-10-11-21-42(38)48-43;1-2-13-32-31(12-1)28-41(35-15-4-3-14-34(32)35)45-38-18-7-5-16-36(38)44(37-17-6-8-19-39(37)45)30-26-24-29(25-27-30)33-21-11-23-43-46(33)40-20-9-10-22-42(40)47-43/h2*3-28H,1-2H3;1-28H/i3D,4D,5D,6D,17D,18D,19D,20D;6D,7D,8D,9D,15D,16D,17D,18D;5D,6D,7D,8D,16D,17D,18D,19D. The lowest BCUT2D eigenvalue weighted by Crippen LogP contribution is -2.16. The Morgan fingerprint density at radius 2 is 0.483 bits per heavy atom. The van der Waals surface area contributed by atoms with Gasteiger partial charge in [0.05, 0.1) is 32.9 Å². The lowest BCUT2D eigenvalue weighted by molar-refractivity contribution is 0.661. The summed E-state index contributed by atoms with van der Waals surface area (Å²) in [5, 5.41) is 10.7. The molecular weight excluding hydrogens is 1730 g/mol. The van der Waals surface area contributed by atoms with Crippen LogP contribution in [0.3, 0.4) is 0 Å². The molecule has 0 fully saturated rings. The summed E-state index contributed by atoms with van der Waals surface area (Å²) in [6.07, 6.45) is 0. The van der Waals surface area contributed by atoms with Crippen molar-refractivity contribution in [2.45, 2.75) is 38.5 Å². The van der Waals surface area contributed by atoms with Crippen molar-refractivity contribution in [3.8, 4) is 122 Å². The third-order valence-corrected chi connectivity index (χ3v) is 29.5. The van der Waals surface area contributed by atoms with Gasteiger partial charge in [-0.05, 0) is 291 Å². The van der Waals surface area contributed by atoms with E-state index in [0.717, 1.165) is 115 Å². The van der Waals surface area contributed by atoms with Gasteiger partial charge in [-0.2, -0.15) is 0 Å². The molecule has 3 aromatic heterocycles. The van der Waals surface area contributed by atoms with E-state index in [1.807, 2.05) is 261 Å². The van der Waals surface area contributed by atoms with Crippen LogP contribution in [0.1, 0.15) is 82.8 Å². The maximum Gasteiger partial charge on any atom is 0.136 e. The first kappa shape index (κ1) is 62.0. The van der Waals surface area contributed by atoms with Gasteiger partial charge in [0.25, 0.3) is 0 Å². The number of hydrogen-bond acceptors (Lipinski definition) is 3. The van der Waals surface area contributed by atoms with Crippen molar-refractivity contribution in [1.82, 2.24) is 0 Å². The molecular formula is C140H92O3. The van der Waals surface area contributed by atoms with Gasteiger partial charge in [0, 0.05) is 43.1 Å². The highest BCUT2D eigenvalue weighted by atomic mass is 16.3. The third-order valence-electron chi connectivity index (χ3n) is 29.5. The molecule has 28 aromatic rings. The lowest BCUT2D eigenvalue weighted by atomic mass is 9.78. The van der Waals surface area contributed by atoms with Crippen LogP contribution in [0.4, 0.5) is 0 Å². The smallest absolute Gasteiger partial charge is 0.136 e. The van der Waals surface area contributed by atoms with E-state index >= 15 is 0 Å². The second kappa shape index (κ2) is 32.8. The van der Waals surface area contributed by atoms with Gasteiger partial charge in [-0.15, -0.1) is 0 Å². The van der Waals surface area contributed by atoms with Crippen molar-refractivity contribution in [2.24, 2.45) is 0 Å². The monoisotopic (exact) mass is 1840 g/mol. The average Bonchev–Trinajstić information content (AvgIpc) is 1.46. The Morgan fingerprint density at radius 1 is 0.168 bits per heavy atom. The molecule has 0 atom stereocenters. The molecule has 2 aliphatic rings. The zero-order chi connectivity index (χ0) is 116. The summed E-state index contributed by atoms with van der Waals surface area (Å²) >= 11 is 0. The van der Waals surface area contributed by atoms with E-state index in [0.29, 0.717) is 99.9 Å². The topological polar surface area (TPSA) is 39.4 Å². The van der Waals surface area contributed by atoms with Gasteiger partial charge < -0.3 is 13.3 Å². The van der Waals surface area contributed by atoms with Crippen LogP contribution in [0.5, 0.6) is 0 Å². The van der Waals surface area contributed by atoms with Crippen LogP contribution in [0.25, 0.3) is 274 Å². The fourth-order valence-electron chi connectivity index (χ4n) is 23.2. The van der Waals surface area contributed by atoms with Gasteiger partial charge in [0.1, 0.15) is 33.5 Å². The maximum absolute atomic E-state index is 9.48. The van der Waals surface area contributed by atoms with E-state index in [1.54, 1.807) is 12.1 Å². The summed E-state index contributed by atoms with van der Waals surface area (Å²) < 4.78 is 239. The van der Waals surface area contributed by atoms with Crippen LogP contribution in [-0.2, 0) is 10.8 Å². The summed E-state index contributed by atoms with van der Waals surface area (Å²) in [7, 11) is 0. The number of furan rings is 3. The first-order chi connectivity index (χ1) is 80.5. The highest BCUT2D eigenvalue weighted by molar-refractivity contribution is 6.30. The molecule has 0 spiro atoms. The molecule has 0 bridgehead atoms. The quantitative estimate of drug-likeness (QED) is 0.107. The van der Waals surface area contributed by atoms with Crippen molar-refractivity contribution in [3.63, 3.8) is 0 Å². The van der Waals surface area contributed by atoms with E-state index < -0.39 is 77.9 Å². The Bertz CT molecular complexity index is 11500. The molecule has 0 saturated carbocycles. The molecule has 2 aliphatic carbocycles. The summed E-state index contributed by atoms with van der Waals surface area (Å²) in [5.41, 5.74) is 23.4. The highest BCUT2D eigenvalue weighted by Crippen LogP contribution is 2.58.